The number of rotatable bonds is 2. The minimum atomic E-state index is -0.241. The van der Waals surface area contributed by atoms with Crippen LogP contribution >= 0.6 is 0 Å². The number of carbonyl (C=O) groups is 1. The van der Waals surface area contributed by atoms with Gasteiger partial charge in [-0.05, 0) is 44.5 Å². The number of hydrogen-bond donors (Lipinski definition) is 0. The molecule has 5 nitrogen and oxygen atoms in total. The molecule has 28 heavy (non-hydrogen) atoms. The number of hydrogen-bond acceptors (Lipinski definition) is 3. The Morgan fingerprint density at radius 3 is 2.54 bits per heavy atom. The number of carbonyl (C=O) groups excluding carboxylic acids is 1. The van der Waals surface area contributed by atoms with Gasteiger partial charge in [0.25, 0.3) is 0 Å². The molecule has 5 rings (SSSR count). The average molecular weight is 373 g/mol. The van der Waals surface area contributed by atoms with Gasteiger partial charge in [0.05, 0.1) is 17.3 Å². The number of benzene rings is 2. The summed E-state index contributed by atoms with van der Waals surface area (Å²) in [4.78, 5) is 15.3. The number of aromatic nitrogens is 2. The SMILES string of the molecule is CCN1C(=O)[C@H]2[C@@H](c3ccccc31)c1c(C)nn(-c3ccccc3)c1O[C@@H]2C. The van der Waals surface area contributed by atoms with E-state index in [2.05, 4.69) is 12.1 Å². The number of aryl methyl sites for hydroxylation is 1. The summed E-state index contributed by atoms with van der Waals surface area (Å²) in [5.41, 5.74) is 5.09. The third kappa shape index (κ3) is 2.25. The Morgan fingerprint density at radius 1 is 1.07 bits per heavy atom. The summed E-state index contributed by atoms with van der Waals surface area (Å²) in [6, 6.07) is 18.2. The molecule has 0 N–H and O–H groups in total. The van der Waals surface area contributed by atoms with Crippen molar-refractivity contribution in [2.45, 2.75) is 32.8 Å². The minimum Gasteiger partial charge on any atom is -0.473 e. The van der Waals surface area contributed by atoms with Crippen LogP contribution in [0.4, 0.5) is 5.69 Å². The summed E-state index contributed by atoms with van der Waals surface area (Å²) in [6.07, 6.45) is -0.231. The van der Waals surface area contributed by atoms with Crippen molar-refractivity contribution in [2.75, 3.05) is 11.4 Å². The van der Waals surface area contributed by atoms with Gasteiger partial charge in [-0.15, -0.1) is 0 Å². The Kier molecular flexibility index (Phi) is 3.79. The topological polar surface area (TPSA) is 47.4 Å². The van der Waals surface area contributed by atoms with Crippen molar-refractivity contribution in [1.29, 1.82) is 0 Å². The lowest BCUT2D eigenvalue weighted by atomic mass is 9.72. The normalized spacial score (nSPS) is 22.9. The Morgan fingerprint density at radius 2 is 1.79 bits per heavy atom. The molecule has 0 bridgehead atoms. The van der Waals surface area contributed by atoms with E-state index >= 15 is 0 Å². The molecule has 3 heterocycles. The molecular weight excluding hydrogens is 350 g/mol. The first-order valence-electron chi connectivity index (χ1n) is 9.83. The summed E-state index contributed by atoms with van der Waals surface area (Å²) >= 11 is 0. The van der Waals surface area contributed by atoms with Gasteiger partial charge in [0.2, 0.25) is 11.8 Å². The van der Waals surface area contributed by atoms with E-state index < -0.39 is 0 Å². The Bertz CT molecular complexity index is 1060. The first-order valence-corrected chi connectivity index (χ1v) is 9.83. The third-order valence-electron chi connectivity index (χ3n) is 5.97. The van der Waals surface area contributed by atoms with Crippen LogP contribution in [0.25, 0.3) is 5.69 Å². The molecule has 0 aliphatic carbocycles. The highest BCUT2D eigenvalue weighted by molar-refractivity contribution is 6.00. The summed E-state index contributed by atoms with van der Waals surface area (Å²) in [5.74, 6) is 0.610. The molecule has 2 aliphatic rings. The van der Waals surface area contributed by atoms with Gasteiger partial charge in [0.15, 0.2) is 0 Å². The molecule has 0 spiro atoms. The van der Waals surface area contributed by atoms with Crippen LogP contribution in [0.3, 0.4) is 0 Å². The maximum absolute atomic E-state index is 13.4. The maximum atomic E-state index is 13.4. The van der Waals surface area contributed by atoms with Crippen LogP contribution in [0.1, 0.15) is 36.6 Å². The van der Waals surface area contributed by atoms with Gasteiger partial charge in [-0.3, -0.25) is 4.79 Å². The fourth-order valence-electron chi connectivity index (χ4n) is 4.75. The van der Waals surface area contributed by atoms with Crippen LogP contribution < -0.4 is 9.64 Å². The number of nitrogens with zero attached hydrogens (tertiary/aromatic N) is 3. The molecule has 0 unspecified atom stereocenters. The van der Waals surface area contributed by atoms with Gasteiger partial charge in [0.1, 0.15) is 6.10 Å². The Labute approximate surface area is 164 Å². The molecule has 142 valence electrons. The van der Waals surface area contributed by atoms with Gasteiger partial charge in [0, 0.05) is 23.7 Å². The summed E-state index contributed by atoms with van der Waals surface area (Å²) in [5, 5.41) is 4.79. The van der Waals surface area contributed by atoms with Gasteiger partial charge in [-0.2, -0.15) is 5.10 Å². The second kappa shape index (κ2) is 6.23. The number of ether oxygens (including phenoxy) is 1. The van der Waals surface area contributed by atoms with Gasteiger partial charge in [-0.1, -0.05) is 36.4 Å². The van der Waals surface area contributed by atoms with Crippen LogP contribution in [0, 0.1) is 12.8 Å². The molecule has 2 aromatic carbocycles. The second-order valence-corrected chi connectivity index (χ2v) is 7.52. The van der Waals surface area contributed by atoms with Crippen molar-refractivity contribution in [2.24, 2.45) is 5.92 Å². The van der Waals surface area contributed by atoms with Crippen LogP contribution in [-0.4, -0.2) is 28.3 Å². The number of anilines is 1. The van der Waals surface area contributed by atoms with E-state index in [0.717, 1.165) is 28.5 Å². The molecule has 5 heteroatoms. The zero-order valence-electron chi connectivity index (χ0n) is 16.3. The highest BCUT2D eigenvalue weighted by atomic mass is 16.5. The quantitative estimate of drug-likeness (QED) is 0.680. The van der Waals surface area contributed by atoms with Crippen LogP contribution in [-0.2, 0) is 4.79 Å². The van der Waals surface area contributed by atoms with Crippen LogP contribution in [0.2, 0.25) is 0 Å². The number of amides is 1. The molecule has 1 aromatic heterocycles. The summed E-state index contributed by atoms with van der Waals surface area (Å²) in [7, 11) is 0. The Hall–Kier alpha value is -3.08. The lowest BCUT2D eigenvalue weighted by Crippen LogP contribution is -2.50. The lowest BCUT2D eigenvalue weighted by molar-refractivity contribution is -0.126. The second-order valence-electron chi connectivity index (χ2n) is 7.52. The third-order valence-corrected chi connectivity index (χ3v) is 5.97. The van der Waals surface area contributed by atoms with Crippen molar-refractivity contribution in [3.05, 3.63) is 71.4 Å². The first kappa shape index (κ1) is 17.0. The van der Waals surface area contributed by atoms with Crippen molar-refractivity contribution in [3.8, 4) is 11.6 Å². The lowest BCUT2D eigenvalue weighted by Gasteiger charge is -2.44. The predicted molar refractivity (Wildman–Crippen MR) is 108 cm³/mol. The summed E-state index contributed by atoms with van der Waals surface area (Å²) in [6.45, 7) is 6.68. The molecule has 2 aliphatic heterocycles. The number of para-hydroxylation sites is 2. The van der Waals surface area contributed by atoms with Crippen molar-refractivity contribution < 1.29 is 9.53 Å². The monoisotopic (exact) mass is 373 g/mol. The summed E-state index contributed by atoms with van der Waals surface area (Å²) < 4.78 is 8.21. The molecule has 1 amide bonds. The van der Waals surface area contributed by atoms with Crippen molar-refractivity contribution in [3.63, 3.8) is 0 Å². The van der Waals surface area contributed by atoms with E-state index in [0.29, 0.717) is 6.54 Å². The predicted octanol–water partition coefficient (Wildman–Crippen LogP) is 4.08. The highest BCUT2D eigenvalue weighted by Crippen LogP contribution is 2.51. The van der Waals surface area contributed by atoms with Gasteiger partial charge < -0.3 is 9.64 Å². The van der Waals surface area contributed by atoms with E-state index in [1.165, 1.54) is 5.56 Å². The molecular formula is C23H23N3O2. The largest absolute Gasteiger partial charge is 0.473 e. The molecule has 0 saturated carbocycles. The van der Waals surface area contributed by atoms with Crippen molar-refractivity contribution >= 4 is 11.6 Å². The van der Waals surface area contributed by atoms with Crippen molar-refractivity contribution in [1.82, 2.24) is 9.78 Å². The average Bonchev–Trinajstić information content (AvgIpc) is 3.04. The van der Waals surface area contributed by atoms with E-state index in [4.69, 9.17) is 9.84 Å². The van der Waals surface area contributed by atoms with Gasteiger partial charge in [-0.25, -0.2) is 4.68 Å². The van der Waals surface area contributed by atoms with E-state index in [-0.39, 0.29) is 23.8 Å². The van der Waals surface area contributed by atoms with Crippen LogP contribution in [0.15, 0.2) is 54.6 Å². The smallest absolute Gasteiger partial charge is 0.234 e. The van der Waals surface area contributed by atoms with Crippen LogP contribution in [0.5, 0.6) is 5.88 Å². The standard InChI is InChI=1S/C23H23N3O2/c1-4-25-18-13-9-8-12-17(18)21-19-14(2)24-26(16-10-6-5-7-11-16)23(19)28-15(3)20(21)22(25)27/h5-13,15,20-21H,4H2,1-3H3/t15-,20-,21+/m1/s1. The molecule has 3 aromatic rings. The highest BCUT2D eigenvalue weighted by Gasteiger charge is 2.50. The van der Waals surface area contributed by atoms with E-state index in [1.807, 2.05) is 72.8 Å². The maximum Gasteiger partial charge on any atom is 0.234 e. The van der Waals surface area contributed by atoms with E-state index in [9.17, 15) is 4.79 Å². The first-order chi connectivity index (χ1) is 13.6. The molecule has 0 radical (unpaired) electrons. The zero-order chi connectivity index (χ0) is 19.4. The molecule has 0 saturated heterocycles. The molecule has 3 atom stereocenters. The molecule has 0 fully saturated rings. The van der Waals surface area contributed by atoms with E-state index in [1.54, 1.807) is 0 Å². The van der Waals surface area contributed by atoms with Gasteiger partial charge >= 0.3 is 0 Å². The fraction of sp³-hybridized carbons (Fsp3) is 0.304. The Balaban J connectivity index is 1.76. The minimum absolute atomic E-state index is 0.0392. The number of fused-ring (bicyclic) bond motifs is 5. The zero-order valence-corrected chi connectivity index (χ0v) is 16.3. The fourth-order valence-corrected chi connectivity index (χ4v) is 4.75.